The number of hydrogen-bond donors (Lipinski definition) is 0. The molecule has 2 aromatic rings. The molecule has 3 nitrogen and oxygen atoms in total. The van der Waals surface area contributed by atoms with Crippen LogP contribution in [0.25, 0.3) is 0 Å². The topological polar surface area (TPSA) is 33.2 Å². The highest BCUT2D eigenvalue weighted by molar-refractivity contribution is 8.01. The SMILES string of the molecule is CN(CCSc1ccccc1)C(=O)C(C)(C)Sc1ccc(C(F)(F)F)cn1. The summed E-state index contributed by atoms with van der Waals surface area (Å²) in [5, 5.41) is 0.383. The molecule has 0 bridgehead atoms. The standard InChI is InChI=1S/C19H21F3N2OS2/c1-18(2,27-16-10-9-14(13-23-16)19(20,21)22)17(25)24(3)11-12-26-15-7-5-4-6-8-15/h4-10,13H,11-12H2,1-3H3. The van der Waals surface area contributed by atoms with Crippen LogP contribution < -0.4 is 0 Å². The molecule has 0 spiro atoms. The molecular weight excluding hydrogens is 393 g/mol. The Kier molecular flexibility index (Phi) is 7.22. The third-order valence-electron chi connectivity index (χ3n) is 3.72. The van der Waals surface area contributed by atoms with E-state index in [4.69, 9.17) is 0 Å². The van der Waals surface area contributed by atoms with Gasteiger partial charge in [-0.05, 0) is 38.1 Å². The molecule has 1 aromatic carbocycles. The van der Waals surface area contributed by atoms with Crippen molar-refractivity contribution in [3.8, 4) is 0 Å². The monoisotopic (exact) mass is 414 g/mol. The Morgan fingerprint density at radius 3 is 2.33 bits per heavy atom. The predicted octanol–water partition coefficient (Wildman–Crippen LogP) is 5.22. The van der Waals surface area contributed by atoms with Gasteiger partial charge >= 0.3 is 6.18 Å². The zero-order chi connectivity index (χ0) is 20.1. The molecule has 146 valence electrons. The fourth-order valence-electron chi connectivity index (χ4n) is 2.29. The summed E-state index contributed by atoms with van der Waals surface area (Å²) in [4.78, 5) is 19.4. The van der Waals surface area contributed by atoms with Crippen molar-refractivity contribution in [2.45, 2.75) is 34.7 Å². The van der Waals surface area contributed by atoms with E-state index in [9.17, 15) is 18.0 Å². The average Bonchev–Trinajstić information content (AvgIpc) is 2.61. The fraction of sp³-hybridized carbons (Fsp3) is 0.368. The molecule has 1 aromatic heterocycles. The number of aromatic nitrogens is 1. The number of nitrogens with zero attached hydrogens (tertiary/aromatic N) is 2. The summed E-state index contributed by atoms with van der Waals surface area (Å²) in [5.74, 6) is 0.661. The molecule has 0 saturated heterocycles. The quantitative estimate of drug-likeness (QED) is 0.582. The smallest absolute Gasteiger partial charge is 0.344 e. The normalized spacial score (nSPS) is 12.1. The Balaban J connectivity index is 1.91. The molecule has 2 rings (SSSR count). The largest absolute Gasteiger partial charge is 0.417 e. The number of hydrogen-bond acceptors (Lipinski definition) is 4. The summed E-state index contributed by atoms with van der Waals surface area (Å²) in [6.07, 6.45) is -3.62. The minimum Gasteiger partial charge on any atom is -0.344 e. The summed E-state index contributed by atoms with van der Waals surface area (Å²) in [6, 6.07) is 12.2. The van der Waals surface area contributed by atoms with Crippen LogP contribution in [-0.2, 0) is 11.0 Å². The molecule has 0 unspecified atom stereocenters. The third kappa shape index (κ3) is 6.46. The molecule has 8 heteroatoms. The van der Waals surface area contributed by atoms with Crippen molar-refractivity contribution in [1.82, 2.24) is 9.88 Å². The third-order valence-corrected chi connectivity index (χ3v) is 5.85. The van der Waals surface area contributed by atoms with Gasteiger partial charge in [-0.2, -0.15) is 13.2 Å². The number of thioether (sulfide) groups is 2. The minimum atomic E-state index is -4.42. The van der Waals surface area contributed by atoms with E-state index < -0.39 is 16.5 Å². The molecule has 0 aliphatic rings. The lowest BCUT2D eigenvalue weighted by Gasteiger charge is -2.28. The Labute approximate surface area is 165 Å². The van der Waals surface area contributed by atoms with Crippen molar-refractivity contribution < 1.29 is 18.0 Å². The van der Waals surface area contributed by atoms with Crippen LogP contribution in [0.1, 0.15) is 19.4 Å². The molecule has 0 fully saturated rings. The second-order valence-electron chi connectivity index (χ2n) is 6.38. The van der Waals surface area contributed by atoms with Crippen LogP contribution in [0, 0.1) is 0 Å². The Morgan fingerprint density at radius 2 is 1.78 bits per heavy atom. The summed E-state index contributed by atoms with van der Waals surface area (Å²) in [6.45, 7) is 4.07. The number of halogens is 3. The first-order valence-electron chi connectivity index (χ1n) is 8.25. The van der Waals surface area contributed by atoms with Crippen molar-refractivity contribution in [2.75, 3.05) is 19.3 Å². The second-order valence-corrected chi connectivity index (χ2v) is 9.19. The van der Waals surface area contributed by atoms with Gasteiger partial charge in [-0.1, -0.05) is 30.0 Å². The minimum absolute atomic E-state index is 0.0946. The summed E-state index contributed by atoms with van der Waals surface area (Å²) in [7, 11) is 1.73. The fourth-order valence-corrected chi connectivity index (χ4v) is 4.25. The molecule has 0 atom stereocenters. The number of benzene rings is 1. The maximum Gasteiger partial charge on any atom is 0.417 e. The Morgan fingerprint density at radius 1 is 1.11 bits per heavy atom. The van der Waals surface area contributed by atoms with Crippen molar-refractivity contribution in [3.63, 3.8) is 0 Å². The molecule has 27 heavy (non-hydrogen) atoms. The number of carbonyl (C=O) groups is 1. The van der Waals surface area contributed by atoms with E-state index in [-0.39, 0.29) is 5.91 Å². The van der Waals surface area contributed by atoms with Gasteiger partial charge in [0.2, 0.25) is 5.91 Å². The van der Waals surface area contributed by atoms with E-state index in [1.54, 1.807) is 37.6 Å². The number of alkyl halides is 3. The van der Waals surface area contributed by atoms with Crippen molar-refractivity contribution >= 4 is 29.4 Å². The summed E-state index contributed by atoms with van der Waals surface area (Å²) < 4.78 is 37.0. The zero-order valence-electron chi connectivity index (χ0n) is 15.3. The van der Waals surface area contributed by atoms with Crippen LogP contribution in [0.4, 0.5) is 13.2 Å². The lowest BCUT2D eigenvalue weighted by atomic mass is 10.2. The molecule has 1 amide bonds. The van der Waals surface area contributed by atoms with Gasteiger partial charge in [0.1, 0.15) is 0 Å². The maximum absolute atomic E-state index is 12.7. The zero-order valence-corrected chi connectivity index (χ0v) is 16.9. The maximum atomic E-state index is 12.7. The Hall–Kier alpha value is -1.67. The number of rotatable bonds is 7. The van der Waals surface area contributed by atoms with Crippen LogP contribution >= 0.6 is 23.5 Å². The van der Waals surface area contributed by atoms with Gasteiger partial charge in [-0.15, -0.1) is 11.8 Å². The number of pyridine rings is 1. The van der Waals surface area contributed by atoms with E-state index in [0.717, 1.165) is 34.7 Å². The van der Waals surface area contributed by atoms with E-state index >= 15 is 0 Å². The highest BCUT2D eigenvalue weighted by Crippen LogP contribution is 2.35. The van der Waals surface area contributed by atoms with Gasteiger partial charge in [-0.25, -0.2) is 4.98 Å². The van der Waals surface area contributed by atoms with Crippen molar-refractivity contribution in [2.24, 2.45) is 0 Å². The number of carbonyl (C=O) groups excluding carboxylic acids is 1. The average molecular weight is 415 g/mol. The molecule has 0 radical (unpaired) electrons. The van der Waals surface area contributed by atoms with Crippen LogP contribution in [-0.4, -0.2) is 39.9 Å². The lowest BCUT2D eigenvalue weighted by molar-refractivity contribution is -0.138. The number of amides is 1. The van der Waals surface area contributed by atoms with Crippen LogP contribution in [0.15, 0.2) is 58.6 Å². The van der Waals surface area contributed by atoms with Crippen LogP contribution in [0.5, 0.6) is 0 Å². The molecule has 0 saturated carbocycles. The Bertz CT molecular complexity index is 750. The van der Waals surface area contributed by atoms with Gasteiger partial charge in [0.05, 0.1) is 15.3 Å². The lowest BCUT2D eigenvalue weighted by Crippen LogP contribution is -2.42. The summed E-state index contributed by atoms with van der Waals surface area (Å²) >= 11 is 2.82. The highest BCUT2D eigenvalue weighted by Gasteiger charge is 2.33. The molecule has 1 heterocycles. The summed E-state index contributed by atoms with van der Waals surface area (Å²) in [5.41, 5.74) is -0.800. The first-order valence-corrected chi connectivity index (χ1v) is 10.1. The van der Waals surface area contributed by atoms with E-state index in [0.29, 0.717) is 11.6 Å². The van der Waals surface area contributed by atoms with Gasteiger partial charge in [0.25, 0.3) is 0 Å². The highest BCUT2D eigenvalue weighted by atomic mass is 32.2. The first kappa shape index (κ1) is 21.6. The van der Waals surface area contributed by atoms with Crippen molar-refractivity contribution in [3.05, 3.63) is 54.2 Å². The molecule has 0 aliphatic heterocycles. The predicted molar refractivity (Wildman–Crippen MR) is 104 cm³/mol. The first-order chi connectivity index (χ1) is 12.6. The second kappa shape index (κ2) is 9.01. The van der Waals surface area contributed by atoms with E-state index in [1.165, 1.54) is 6.07 Å². The van der Waals surface area contributed by atoms with Crippen LogP contribution in [0.3, 0.4) is 0 Å². The van der Waals surface area contributed by atoms with Crippen molar-refractivity contribution in [1.29, 1.82) is 0 Å². The van der Waals surface area contributed by atoms with Gasteiger partial charge in [0.15, 0.2) is 0 Å². The molecule has 0 N–H and O–H groups in total. The van der Waals surface area contributed by atoms with Crippen LogP contribution in [0.2, 0.25) is 0 Å². The van der Waals surface area contributed by atoms with E-state index in [2.05, 4.69) is 4.98 Å². The molecule has 0 aliphatic carbocycles. The van der Waals surface area contributed by atoms with Gasteiger partial charge in [0, 0.05) is 30.4 Å². The van der Waals surface area contributed by atoms with Gasteiger partial charge < -0.3 is 4.90 Å². The molecular formula is C19H21F3N2OS2. The van der Waals surface area contributed by atoms with Gasteiger partial charge in [-0.3, -0.25) is 4.79 Å². The van der Waals surface area contributed by atoms with E-state index in [1.807, 2.05) is 30.3 Å².